The molecule has 136 valence electrons. The smallest absolute Gasteiger partial charge is 0.356 e. The SMILES string of the molecule is CC.COC(=O)c1cccc(-c2ccnc(NCCOCCN)c2)n1. The first-order valence-corrected chi connectivity index (χ1v) is 8.28. The van der Waals surface area contributed by atoms with Crippen LogP contribution in [-0.2, 0) is 9.47 Å². The fourth-order valence-corrected chi connectivity index (χ4v) is 1.94. The van der Waals surface area contributed by atoms with Gasteiger partial charge in [0.05, 0.1) is 26.0 Å². The number of esters is 1. The van der Waals surface area contributed by atoms with Crippen molar-refractivity contribution in [1.82, 2.24) is 9.97 Å². The van der Waals surface area contributed by atoms with Crippen LogP contribution in [0.5, 0.6) is 0 Å². The third-order valence-corrected chi connectivity index (χ3v) is 3.01. The second-order valence-corrected chi connectivity index (χ2v) is 4.66. The van der Waals surface area contributed by atoms with E-state index in [1.165, 1.54) is 7.11 Å². The minimum absolute atomic E-state index is 0.270. The Kier molecular flexibility index (Phi) is 9.81. The molecule has 0 radical (unpaired) electrons. The van der Waals surface area contributed by atoms with E-state index in [1.807, 2.05) is 32.0 Å². The summed E-state index contributed by atoms with van der Waals surface area (Å²) >= 11 is 0. The lowest BCUT2D eigenvalue weighted by molar-refractivity contribution is 0.0594. The number of anilines is 1. The molecule has 0 aromatic carbocycles. The minimum Gasteiger partial charge on any atom is -0.464 e. The molecule has 0 amide bonds. The summed E-state index contributed by atoms with van der Waals surface area (Å²) in [5, 5.41) is 3.17. The molecule has 7 heteroatoms. The molecular weight excluding hydrogens is 320 g/mol. The molecule has 2 heterocycles. The van der Waals surface area contributed by atoms with E-state index in [4.69, 9.17) is 10.5 Å². The van der Waals surface area contributed by atoms with E-state index in [1.54, 1.807) is 18.3 Å². The summed E-state index contributed by atoms with van der Waals surface area (Å²) in [5.41, 5.74) is 7.16. The van der Waals surface area contributed by atoms with Crippen LogP contribution in [0.15, 0.2) is 36.5 Å². The van der Waals surface area contributed by atoms with Crippen LogP contribution in [0.25, 0.3) is 11.3 Å². The number of nitrogens with one attached hydrogen (secondary N) is 1. The van der Waals surface area contributed by atoms with Crippen LogP contribution in [-0.4, -0.2) is 49.4 Å². The Labute approximate surface area is 148 Å². The molecule has 3 N–H and O–H groups in total. The number of aromatic nitrogens is 2. The molecule has 2 aromatic heterocycles. The lowest BCUT2D eigenvalue weighted by atomic mass is 10.1. The zero-order chi connectivity index (χ0) is 18.5. The Morgan fingerprint density at radius 2 is 2.04 bits per heavy atom. The van der Waals surface area contributed by atoms with E-state index in [2.05, 4.69) is 20.0 Å². The summed E-state index contributed by atoms with van der Waals surface area (Å²) in [6.45, 7) is 6.24. The lowest BCUT2D eigenvalue weighted by Gasteiger charge is -2.08. The number of methoxy groups -OCH3 is 1. The fraction of sp³-hybridized carbons (Fsp3) is 0.389. The first-order chi connectivity index (χ1) is 12.2. The Morgan fingerprint density at radius 3 is 2.76 bits per heavy atom. The molecule has 0 fully saturated rings. The predicted octanol–water partition coefficient (Wildman–Crippen LogP) is 2.34. The second-order valence-electron chi connectivity index (χ2n) is 4.66. The maximum Gasteiger partial charge on any atom is 0.356 e. The number of nitrogens with zero attached hydrogens (tertiary/aromatic N) is 2. The number of hydrogen-bond acceptors (Lipinski definition) is 7. The number of carbonyl (C=O) groups excluding carboxylic acids is 1. The number of carbonyl (C=O) groups is 1. The van der Waals surface area contributed by atoms with E-state index >= 15 is 0 Å². The third kappa shape index (κ3) is 6.86. The molecule has 0 atom stereocenters. The maximum atomic E-state index is 11.6. The minimum atomic E-state index is -0.462. The van der Waals surface area contributed by atoms with Crippen molar-refractivity contribution in [2.45, 2.75) is 13.8 Å². The third-order valence-electron chi connectivity index (χ3n) is 3.01. The van der Waals surface area contributed by atoms with Crippen LogP contribution in [0, 0.1) is 0 Å². The highest BCUT2D eigenvalue weighted by Crippen LogP contribution is 2.19. The predicted molar refractivity (Wildman–Crippen MR) is 98.5 cm³/mol. The molecule has 0 aliphatic heterocycles. The molecule has 0 aliphatic rings. The Balaban J connectivity index is 0.00000151. The first-order valence-electron chi connectivity index (χ1n) is 8.28. The van der Waals surface area contributed by atoms with Gasteiger partial charge < -0.3 is 20.5 Å². The van der Waals surface area contributed by atoms with E-state index < -0.39 is 5.97 Å². The Morgan fingerprint density at radius 1 is 1.24 bits per heavy atom. The fourth-order valence-electron chi connectivity index (χ4n) is 1.94. The molecular formula is C18H26N4O3. The molecule has 0 saturated heterocycles. The topological polar surface area (TPSA) is 99.4 Å². The van der Waals surface area contributed by atoms with Crippen molar-refractivity contribution in [3.63, 3.8) is 0 Å². The molecule has 0 unspecified atom stereocenters. The van der Waals surface area contributed by atoms with Crippen molar-refractivity contribution in [2.24, 2.45) is 5.73 Å². The average molecular weight is 346 g/mol. The van der Waals surface area contributed by atoms with E-state index in [0.29, 0.717) is 37.8 Å². The largest absolute Gasteiger partial charge is 0.464 e. The first kappa shape index (κ1) is 20.5. The van der Waals surface area contributed by atoms with Gasteiger partial charge in [-0.05, 0) is 24.3 Å². The van der Waals surface area contributed by atoms with Crippen LogP contribution in [0.1, 0.15) is 24.3 Å². The summed E-state index contributed by atoms with van der Waals surface area (Å²) in [5.74, 6) is 0.250. The zero-order valence-corrected chi connectivity index (χ0v) is 15.0. The van der Waals surface area contributed by atoms with E-state index in [0.717, 1.165) is 5.56 Å². The van der Waals surface area contributed by atoms with Gasteiger partial charge in [-0.3, -0.25) is 0 Å². The number of ether oxygens (including phenoxy) is 2. The highest BCUT2D eigenvalue weighted by Gasteiger charge is 2.09. The summed E-state index contributed by atoms with van der Waals surface area (Å²) < 4.78 is 9.98. The zero-order valence-electron chi connectivity index (χ0n) is 15.0. The van der Waals surface area contributed by atoms with Crippen molar-refractivity contribution in [3.05, 3.63) is 42.2 Å². The van der Waals surface area contributed by atoms with Gasteiger partial charge in [0.25, 0.3) is 0 Å². The molecule has 2 aromatic rings. The molecule has 0 bridgehead atoms. The summed E-state index contributed by atoms with van der Waals surface area (Å²) in [6.07, 6.45) is 1.69. The highest BCUT2D eigenvalue weighted by atomic mass is 16.5. The molecule has 0 aliphatic carbocycles. The molecule has 7 nitrogen and oxygen atoms in total. The van der Waals surface area contributed by atoms with Crippen molar-refractivity contribution in [1.29, 1.82) is 0 Å². The number of nitrogens with two attached hydrogens (primary N) is 1. The molecule has 0 saturated carbocycles. The van der Waals surface area contributed by atoms with Crippen molar-refractivity contribution >= 4 is 11.8 Å². The van der Waals surface area contributed by atoms with Crippen molar-refractivity contribution in [2.75, 3.05) is 38.7 Å². The number of pyridine rings is 2. The van der Waals surface area contributed by atoms with Crippen LogP contribution >= 0.6 is 0 Å². The van der Waals surface area contributed by atoms with Crippen molar-refractivity contribution in [3.8, 4) is 11.3 Å². The van der Waals surface area contributed by atoms with Gasteiger partial charge in [0.1, 0.15) is 11.5 Å². The molecule has 2 rings (SSSR count). The molecule has 0 spiro atoms. The number of rotatable bonds is 8. The lowest BCUT2D eigenvalue weighted by Crippen LogP contribution is -2.14. The van der Waals surface area contributed by atoms with Crippen LogP contribution < -0.4 is 11.1 Å². The van der Waals surface area contributed by atoms with Crippen LogP contribution in [0.2, 0.25) is 0 Å². The van der Waals surface area contributed by atoms with E-state index in [9.17, 15) is 4.79 Å². The second kappa shape index (κ2) is 11.9. The summed E-state index contributed by atoms with van der Waals surface area (Å²) in [6, 6.07) is 8.91. The van der Waals surface area contributed by atoms with Crippen LogP contribution in [0.4, 0.5) is 5.82 Å². The monoisotopic (exact) mass is 346 g/mol. The highest BCUT2D eigenvalue weighted by molar-refractivity contribution is 5.87. The van der Waals surface area contributed by atoms with E-state index in [-0.39, 0.29) is 5.69 Å². The van der Waals surface area contributed by atoms with Gasteiger partial charge in [-0.25, -0.2) is 14.8 Å². The average Bonchev–Trinajstić information content (AvgIpc) is 2.69. The van der Waals surface area contributed by atoms with Crippen LogP contribution in [0.3, 0.4) is 0 Å². The normalized spacial score (nSPS) is 9.76. The Bertz CT molecular complexity index is 650. The van der Waals surface area contributed by atoms with Gasteiger partial charge in [0, 0.05) is 24.8 Å². The number of hydrogen-bond donors (Lipinski definition) is 2. The van der Waals surface area contributed by atoms with Gasteiger partial charge in [-0.2, -0.15) is 0 Å². The van der Waals surface area contributed by atoms with Gasteiger partial charge in [-0.1, -0.05) is 19.9 Å². The maximum absolute atomic E-state index is 11.6. The van der Waals surface area contributed by atoms with Gasteiger partial charge >= 0.3 is 5.97 Å². The summed E-state index contributed by atoms with van der Waals surface area (Å²) in [4.78, 5) is 20.1. The molecule has 25 heavy (non-hydrogen) atoms. The van der Waals surface area contributed by atoms with Gasteiger partial charge in [0.15, 0.2) is 0 Å². The summed E-state index contributed by atoms with van der Waals surface area (Å²) in [7, 11) is 1.33. The van der Waals surface area contributed by atoms with Crippen molar-refractivity contribution < 1.29 is 14.3 Å². The van der Waals surface area contributed by atoms with Gasteiger partial charge in [0.2, 0.25) is 0 Å². The Hall–Kier alpha value is -2.51. The van der Waals surface area contributed by atoms with Gasteiger partial charge in [-0.15, -0.1) is 0 Å². The quantitative estimate of drug-likeness (QED) is 0.559. The standard InChI is InChI=1S/C16H20N4O3.C2H6/c1-22-16(21)14-4-2-3-13(20-14)12-5-7-18-15(11-12)19-8-10-23-9-6-17;1-2/h2-5,7,11H,6,8-10,17H2,1H3,(H,18,19);1-2H3.